The van der Waals surface area contributed by atoms with Crippen molar-refractivity contribution in [3.05, 3.63) is 15.6 Å². The maximum absolute atomic E-state index is 6.06. The van der Waals surface area contributed by atoms with Crippen molar-refractivity contribution in [2.45, 2.75) is 44.8 Å². The third-order valence-electron chi connectivity index (χ3n) is 4.60. The maximum Gasteiger partial charge on any atom is 0.0940 e. The monoisotopic (exact) mass is 296 g/mol. The summed E-state index contributed by atoms with van der Waals surface area (Å²) in [7, 11) is 2.06. The molecule has 5 heteroatoms. The summed E-state index contributed by atoms with van der Waals surface area (Å²) in [4.78, 5) is 5.98. The van der Waals surface area contributed by atoms with E-state index in [0.29, 0.717) is 12.0 Å². The lowest BCUT2D eigenvalue weighted by atomic mass is 9.80. The molecule has 1 aromatic heterocycles. The number of aromatic nitrogens is 1. The number of rotatable bonds is 3. The molecule has 2 fully saturated rings. The van der Waals surface area contributed by atoms with Crippen LogP contribution in [0.25, 0.3) is 0 Å². The van der Waals surface area contributed by atoms with Crippen LogP contribution >= 0.6 is 11.3 Å². The minimum atomic E-state index is -0.0222. The molecular formula is C15H24N2O2S. The third-order valence-corrected chi connectivity index (χ3v) is 5.76. The van der Waals surface area contributed by atoms with E-state index in [0.717, 1.165) is 44.1 Å². The van der Waals surface area contributed by atoms with Crippen LogP contribution in [0.3, 0.4) is 0 Å². The highest BCUT2D eigenvalue weighted by Crippen LogP contribution is 2.42. The van der Waals surface area contributed by atoms with Crippen LogP contribution in [-0.2, 0) is 9.47 Å². The zero-order valence-electron chi connectivity index (χ0n) is 12.6. The summed E-state index contributed by atoms with van der Waals surface area (Å²) in [5.74, 6) is 0.606. The minimum absolute atomic E-state index is 0.0222. The Bertz CT molecular complexity index is 468. The number of hydrogen-bond donors (Lipinski definition) is 1. The van der Waals surface area contributed by atoms with Crippen LogP contribution in [0.2, 0.25) is 0 Å². The Labute approximate surface area is 124 Å². The van der Waals surface area contributed by atoms with E-state index in [2.05, 4.69) is 31.2 Å². The zero-order chi connectivity index (χ0) is 14.2. The molecule has 1 N–H and O–H groups in total. The van der Waals surface area contributed by atoms with Crippen LogP contribution in [0.5, 0.6) is 0 Å². The van der Waals surface area contributed by atoms with Crippen molar-refractivity contribution in [1.29, 1.82) is 0 Å². The molecule has 0 bridgehead atoms. The van der Waals surface area contributed by atoms with Gasteiger partial charge in [0.15, 0.2) is 0 Å². The fourth-order valence-corrected chi connectivity index (χ4v) is 4.76. The van der Waals surface area contributed by atoms with E-state index >= 15 is 0 Å². The smallest absolute Gasteiger partial charge is 0.0940 e. The van der Waals surface area contributed by atoms with Gasteiger partial charge in [0, 0.05) is 30.6 Å². The van der Waals surface area contributed by atoms with Gasteiger partial charge in [-0.1, -0.05) is 0 Å². The summed E-state index contributed by atoms with van der Waals surface area (Å²) in [6.07, 6.45) is 3.25. The summed E-state index contributed by atoms with van der Waals surface area (Å²) >= 11 is 1.83. The van der Waals surface area contributed by atoms with E-state index in [1.807, 2.05) is 11.3 Å². The molecular weight excluding hydrogens is 272 g/mol. The predicted molar refractivity (Wildman–Crippen MR) is 80.2 cm³/mol. The van der Waals surface area contributed by atoms with Gasteiger partial charge < -0.3 is 14.8 Å². The van der Waals surface area contributed by atoms with Crippen molar-refractivity contribution in [2.24, 2.45) is 5.92 Å². The fraction of sp³-hybridized carbons (Fsp3) is 0.800. The lowest BCUT2D eigenvalue weighted by Gasteiger charge is -2.40. The van der Waals surface area contributed by atoms with Gasteiger partial charge >= 0.3 is 0 Å². The Kier molecular flexibility index (Phi) is 4.13. The van der Waals surface area contributed by atoms with Gasteiger partial charge in [-0.3, -0.25) is 0 Å². The molecule has 0 amide bonds. The number of nitrogens with one attached hydrogen (secondary N) is 1. The molecule has 112 valence electrons. The van der Waals surface area contributed by atoms with Crippen LogP contribution in [0, 0.1) is 19.8 Å². The van der Waals surface area contributed by atoms with Crippen LogP contribution in [0.1, 0.15) is 40.9 Å². The molecule has 2 aliphatic heterocycles. The molecule has 3 atom stereocenters. The van der Waals surface area contributed by atoms with Crippen molar-refractivity contribution in [3.63, 3.8) is 0 Å². The molecule has 0 aromatic carbocycles. The zero-order valence-corrected chi connectivity index (χ0v) is 13.4. The van der Waals surface area contributed by atoms with Crippen molar-refractivity contribution in [1.82, 2.24) is 10.3 Å². The van der Waals surface area contributed by atoms with Gasteiger partial charge in [-0.15, -0.1) is 11.3 Å². The van der Waals surface area contributed by atoms with E-state index < -0.39 is 0 Å². The van der Waals surface area contributed by atoms with Gasteiger partial charge in [0.2, 0.25) is 0 Å². The first-order chi connectivity index (χ1) is 9.63. The van der Waals surface area contributed by atoms with E-state index in [-0.39, 0.29) is 5.60 Å². The third kappa shape index (κ3) is 2.64. The van der Waals surface area contributed by atoms with Crippen LogP contribution in [0.4, 0.5) is 0 Å². The highest BCUT2D eigenvalue weighted by atomic mass is 32.1. The molecule has 2 saturated heterocycles. The lowest BCUT2D eigenvalue weighted by molar-refractivity contribution is -0.103. The van der Waals surface area contributed by atoms with E-state index in [1.165, 1.54) is 10.6 Å². The summed E-state index contributed by atoms with van der Waals surface area (Å²) in [6, 6.07) is 0.391. The number of hydrogen-bond acceptors (Lipinski definition) is 5. The molecule has 3 unspecified atom stereocenters. The molecule has 0 saturated carbocycles. The highest BCUT2D eigenvalue weighted by Gasteiger charge is 2.43. The lowest BCUT2D eigenvalue weighted by Crippen LogP contribution is -2.43. The fourth-order valence-electron chi connectivity index (χ4n) is 3.63. The average Bonchev–Trinajstić information content (AvgIpc) is 2.99. The second-order valence-electron chi connectivity index (χ2n) is 6.04. The second kappa shape index (κ2) is 5.72. The number of aryl methyl sites for hydroxylation is 2. The van der Waals surface area contributed by atoms with Crippen molar-refractivity contribution in [3.8, 4) is 0 Å². The molecule has 1 aromatic rings. The Morgan fingerprint density at radius 3 is 2.85 bits per heavy atom. The van der Waals surface area contributed by atoms with Crippen LogP contribution < -0.4 is 5.32 Å². The summed E-state index contributed by atoms with van der Waals surface area (Å²) in [5.41, 5.74) is 1.15. The quantitative estimate of drug-likeness (QED) is 0.931. The average molecular weight is 296 g/mol. The first-order valence-corrected chi connectivity index (χ1v) is 8.28. The van der Waals surface area contributed by atoms with Gasteiger partial charge in [-0.05, 0) is 39.7 Å². The molecule has 2 aliphatic rings. The Morgan fingerprint density at radius 2 is 2.25 bits per heavy atom. The van der Waals surface area contributed by atoms with Gasteiger partial charge in [0.05, 0.1) is 22.9 Å². The molecule has 1 spiro atoms. The molecule has 4 nitrogen and oxygen atoms in total. The Hall–Kier alpha value is -0.490. The largest absolute Gasteiger partial charge is 0.378 e. The van der Waals surface area contributed by atoms with Crippen molar-refractivity contribution in [2.75, 3.05) is 26.9 Å². The molecule has 0 radical (unpaired) electrons. The SMILES string of the molecule is CNC(c1sc(C)nc1C)C1CCOC2(CCOC2)C1. The van der Waals surface area contributed by atoms with Crippen LogP contribution in [-0.4, -0.2) is 37.5 Å². The predicted octanol–water partition coefficient (Wildman–Crippen LogP) is 2.61. The summed E-state index contributed by atoms with van der Waals surface area (Å²) in [6.45, 7) is 6.67. The first-order valence-electron chi connectivity index (χ1n) is 7.46. The molecule has 20 heavy (non-hydrogen) atoms. The highest BCUT2D eigenvalue weighted by molar-refractivity contribution is 7.11. The van der Waals surface area contributed by atoms with Gasteiger partial charge in [0.1, 0.15) is 0 Å². The summed E-state index contributed by atoms with van der Waals surface area (Å²) in [5, 5.41) is 4.68. The number of nitrogens with zero attached hydrogens (tertiary/aromatic N) is 1. The van der Waals surface area contributed by atoms with Crippen molar-refractivity contribution >= 4 is 11.3 Å². The summed E-state index contributed by atoms with van der Waals surface area (Å²) < 4.78 is 11.6. The second-order valence-corrected chi connectivity index (χ2v) is 7.27. The first kappa shape index (κ1) is 14.4. The Morgan fingerprint density at radius 1 is 1.40 bits per heavy atom. The van der Waals surface area contributed by atoms with E-state index in [4.69, 9.17) is 9.47 Å². The minimum Gasteiger partial charge on any atom is -0.378 e. The van der Waals surface area contributed by atoms with E-state index in [9.17, 15) is 0 Å². The number of ether oxygens (including phenoxy) is 2. The van der Waals surface area contributed by atoms with Gasteiger partial charge in [-0.2, -0.15) is 0 Å². The van der Waals surface area contributed by atoms with Gasteiger partial charge in [0.25, 0.3) is 0 Å². The Balaban J connectivity index is 1.80. The normalized spacial score (nSPS) is 31.9. The molecule has 3 heterocycles. The molecule has 3 rings (SSSR count). The topological polar surface area (TPSA) is 43.4 Å². The maximum atomic E-state index is 6.06. The van der Waals surface area contributed by atoms with Gasteiger partial charge in [-0.25, -0.2) is 4.98 Å². The standard InChI is InChI=1S/C15H24N2O2S/c1-10-14(20-11(2)17-10)13(16-3)12-4-6-19-15(8-12)5-7-18-9-15/h12-13,16H,4-9H2,1-3H3. The van der Waals surface area contributed by atoms with E-state index in [1.54, 1.807) is 0 Å². The number of thiazole rings is 1. The van der Waals surface area contributed by atoms with Crippen molar-refractivity contribution < 1.29 is 9.47 Å². The van der Waals surface area contributed by atoms with Crippen LogP contribution in [0.15, 0.2) is 0 Å². The molecule has 0 aliphatic carbocycles.